The zero-order valence-electron chi connectivity index (χ0n) is 9.72. The Labute approximate surface area is 99.6 Å². The standard InChI is InChI=1S/C12H15N3O2/c1-8-4-11(16)15(12(8)17)7-9-2-3-14-10(5-9)6-13/h2-3,5,8H,4,6-7,13H2,1H3. The van der Waals surface area contributed by atoms with Gasteiger partial charge in [-0.05, 0) is 17.7 Å². The maximum atomic E-state index is 11.7. The van der Waals surface area contributed by atoms with Gasteiger partial charge in [0, 0.05) is 25.1 Å². The lowest BCUT2D eigenvalue weighted by Gasteiger charge is -2.14. The van der Waals surface area contributed by atoms with Crippen molar-refractivity contribution in [3.63, 3.8) is 0 Å². The van der Waals surface area contributed by atoms with Gasteiger partial charge in [0.25, 0.3) is 0 Å². The number of nitrogens with two attached hydrogens (primary N) is 1. The van der Waals surface area contributed by atoms with Crippen molar-refractivity contribution >= 4 is 11.8 Å². The van der Waals surface area contributed by atoms with E-state index in [9.17, 15) is 9.59 Å². The van der Waals surface area contributed by atoms with Crippen molar-refractivity contribution in [2.24, 2.45) is 11.7 Å². The maximum Gasteiger partial charge on any atom is 0.232 e. The Kier molecular flexibility index (Phi) is 3.19. The topological polar surface area (TPSA) is 76.3 Å². The quantitative estimate of drug-likeness (QED) is 0.768. The van der Waals surface area contributed by atoms with E-state index in [0.29, 0.717) is 19.5 Å². The van der Waals surface area contributed by atoms with Gasteiger partial charge in [-0.3, -0.25) is 19.5 Å². The highest BCUT2D eigenvalue weighted by Gasteiger charge is 2.35. The lowest BCUT2D eigenvalue weighted by molar-refractivity contribution is -0.139. The van der Waals surface area contributed by atoms with Crippen LogP contribution in [0.15, 0.2) is 18.3 Å². The van der Waals surface area contributed by atoms with Crippen LogP contribution in [0.4, 0.5) is 0 Å². The van der Waals surface area contributed by atoms with Crippen LogP contribution in [-0.4, -0.2) is 21.7 Å². The molecule has 0 aromatic carbocycles. The molecule has 90 valence electrons. The number of pyridine rings is 1. The highest BCUT2D eigenvalue weighted by Crippen LogP contribution is 2.21. The summed E-state index contributed by atoms with van der Waals surface area (Å²) < 4.78 is 0. The minimum absolute atomic E-state index is 0.0962. The van der Waals surface area contributed by atoms with E-state index in [4.69, 9.17) is 5.73 Å². The first kappa shape index (κ1) is 11.7. The lowest BCUT2D eigenvalue weighted by Crippen LogP contribution is -2.29. The predicted octanol–water partition coefficient (Wildman–Crippen LogP) is 0.435. The van der Waals surface area contributed by atoms with Crippen LogP contribution in [0.3, 0.4) is 0 Å². The van der Waals surface area contributed by atoms with Gasteiger partial charge in [-0.25, -0.2) is 0 Å². The Morgan fingerprint density at radius 2 is 2.29 bits per heavy atom. The van der Waals surface area contributed by atoms with Crippen molar-refractivity contribution < 1.29 is 9.59 Å². The summed E-state index contributed by atoms with van der Waals surface area (Å²) in [4.78, 5) is 28.7. The molecule has 2 rings (SSSR count). The van der Waals surface area contributed by atoms with Crippen LogP contribution in [0.2, 0.25) is 0 Å². The summed E-state index contributed by atoms with van der Waals surface area (Å²) in [6.45, 7) is 2.45. The molecule has 1 fully saturated rings. The average molecular weight is 233 g/mol. The molecule has 1 unspecified atom stereocenters. The van der Waals surface area contributed by atoms with Crippen molar-refractivity contribution in [3.8, 4) is 0 Å². The molecule has 2 heterocycles. The number of carbonyl (C=O) groups excluding carboxylic acids is 2. The van der Waals surface area contributed by atoms with E-state index >= 15 is 0 Å². The van der Waals surface area contributed by atoms with E-state index in [1.165, 1.54) is 4.90 Å². The average Bonchev–Trinajstić information content (AvgIpc) is 2.56. The molecule has 5 heteroatoms. The highest BCUT2D eigenvalue weighted by molar-refractivity contribution is 6.03. The monoisotopic (exact) mass is 233 g/mol. The fourth-order valence-electron chi connectivity index (χ4n) is 1.94. The maximum absolute atomic E-state index is 11.7. The highest BCUT2D eigenvalue weighted by atomic mass is 16.2. The predicted molar refractivity (Wildman–Crippen MR) is 61.5 cm³/mol. The molecule has 1 saturated heterocycles. The lowest BCUT2D eigenvalue weighted by atomic mass is 10.1. The second-order valence-corrected chi connectivity index (χ2v) is 4.28. The molecule has 0 bridgehead atoms. The fraction of sp³-hybridized carbons (Fsp3) is 0.417. The SMILES string of the molecule is CC1CC(=O)N(Cc2ccnc(CN)c2)C1=O. The number of carbonyl (C=O) groups is 2. The van der Waals surface area contributed by atoms with Crippen LogP contribution in [0.25, 0.3) is 0 Å². The summed E-state index contributed by atoms with van der Waals surface area (Å²) in [6, 6.07) is 3.62. The van der Waals surface area contributed by atoms with Gasteiger partial charge in [-0.15, -0.1) is 0 Å². The first-order chi connectivity index (χ1) is 8.11. The number of hydrogen-bond acceptors (Lipinski definition) is 4. The molecule has 1 aliphatic rings. The van der Waals surface area contributed by atoms with Crippen molar-refractivity contribution in [1.82, 2.24) is 9.88 Å². The Bertz CT molecular complexity index is 459. The van der Waals surface area contributed by atoms with E-state index < -0.39 is 0 Å². The van der Waals surface area contributed by atoms with Gasteiger partial charge < -0.3 is 5.73 Å². The van der Waals surface area contributed by atoms with Gasteiger partial charge in [0.2, 0.25) is 11.8 Å². The van der Waals surface area contributed by atoms with Gasteiger partial charge in [0.1, 0.15) is 0 Å². The van der Waals surface area contributed by atoms with Crippen LogP contribution < -0.4 is 5.73 Å². The summed E-state index contributed by atoms with van der Waals surface area (Å²) >= 11 is 0. The van der Waals surface area contributed by atoms with Crippen molar-refractivity contribution in [2.75, 3.05) is 0 Å². The molecule has 1 aliphatic heterocycles. The summed E-state index contributed by atoms with van der Waals surface area (Å²) in [5.41, 5.74) is 7.14. The molecule has 2 N–H and O–H groups in total. The Hall–Kier alpha value is -1.75. The Morgan fingerprint density at radius 1 is 1.53 bits per heavy atom. The molecule has 1 aromatic rings. The second kappa shape index (κ2) is 4.63. The molecule has 1 aromatic heterocycles. The first-order valence-corrected chi connectivity index (χ1v) is 5.60. The molecule has 0 aliphatic carbocycles. The van der Waals surface area contributed by atoms with Gasteiger partial charge in [0.15, 0.2) is 0 Å². The third kappa shape index (κ3) is 2.34. The van der Waals surface area contributed by atoms with Gasteiger partial charge in [-0.1, -0.05) is 6.92 Å². The third-order valence-electron chi connectivity index (χ3n) is 2.90. The molecule has 17 heavy (non-hydrogen) atoms. The second-order valence-electron chi connectivity index (χ2n) is 4.28. The minimum atomic E-state index is -0.196. The molecule has 2 amide bonds. The minimum Gasteiger partial charge on any atom is -0.325 e. The van der Waals surface area contributed by atoms with E-state index in [-0.39, 0.29) is 17.7 Å². The summed E-state index contributed by atoms with van der Waals surface area (Å²) in [6.07, 6.45) is 1.96. The smallest absolute Gasteiger partial charge is 0.232 e. The molecule has 5 nitrogen and oxygen atoms in total. The van der Waals surface area contributed by atoms with Gasteiger partial charge in [0.05, 0.1) is 12.2 Å². The Balaban J connectivity index is 2.15. The van der Waals surface area contributed by atoms with Gasteiger partial charge in [-0.2, -0.15) is 0 Å². The van der Waals surface area contributed by atoms with E-state index in [1.807, 2.05) is 6.07 Å². The third-order valence-corrected chi connectivity index (χ3v) is 2.90. The van der Waals surface area contributed by atoms with Crippen molar-refractivity contribution in [3.05, 3.63) is 29.6 Å². The molecule has 0 radical (unpaired) electrons. The number of rotatable bonds is 3. The number of amides is 2. The number of hydrogen-bond donors (Lipinski definition) is 1. The first-order valence-electron chi connectivity index (χ1n) is 5.60. The van der Waals surface area contributed by atoms with Crippen LogP contribution in [0.5, 0.6) is 0 Å². The molecular weight excluding hydrogens is 218 g/mol. The van der Waals surface area contributed by atoms with Crippen molar-refractivity contribution in [1.29, 1.82) is 0 Å². The van der Waals surface area contributed by atoms with Crippen LogP contribution >= 0.6 is 0 Å². The molecule has 1 atom stereocenters. The number of likely N-dealkylation sites (tertiary alicyclic amines) is 1. The van der Waals surface area contributed by atoms with Crippen LogP contribution in [0, 0.1) is 5.92 Å². The number of imide groups is 1. The Morgan fingerprint density at radius 3 is 2.88 bits per heavy atom. The number of nitrogens with zero attached hydrogens (tertiary/aromatic N) is 2. The van der Waals surface area contributed by atoms with E-state index in [1.54, 1.807) is 19.2 Å². The van der Waals surface area contributed by atoms with Crippen molar-refractivity contribution in [2.45, 2.75) is 26.4 Å². The fourth-order valence-corrected chi connectivity index (χ4v) is 1.94. The largest absolute Gasteiger partial charge is 0.325 e. The van der Waals surface area contributed by atoms with Gasteiger partial charge >= 0.3 is 0 Å². The molecule has 0 spiro atoms. The van der Waals surface area contributed by atoms with E-state index in [0.717, 1.165) is 11.3 Å². The molecule has 0 saturated carbocycles. The normalized spacial score (nSPS) is 20.1. The zero-order valence-corrected chi connectivity index (χ0v) is 9.72. The molecular formula is C12H15N3O2. The zero-order chi connectivity index (χ0) is 12.4. The van der Waals surface area contributed by atoms with Crippen LogP contribution in [0.1, 0.15) is 24.6 Å². The summed E-state index contributed by atoms with van der Waals surface area (Å²) in [7, 11) is 0. The summed E-state index contributed by atoms with van der Waals surface area (Å²) in [5, 5.41) is 0. The van der Waals surface area contributed by atoms with E-state index in [2.05, 4.69) is 4.98 Å². The van der Waals surface area contributed by atoms with Crippen LogP contribution in [-0.2, 0) is 22.7 Å². The summed E-state index contributed by atoms with van der Waals surface area (Å²) in [5.74, 6) is -0.395. The number of aromatic nitrogens is 1.